The van der Waals surface area contributed by atoms with Crippen LogP contribution in [-0.2, 0) is 23.1 Å². The van der Waals surface area contributed by atoms with E-state index in [-0.39, 0.29) is 0 Å². The van der Waals surface area contributed by atoms with E-state index in [0.717, 1.165) is 23.8 Å². The maximum Gasteiger partial charge on any atom is 0.334 e. The summed E-state index contributed by atoms with van der Waals surface area (Å²) in [5, 5.41) is 8.95. The minimum atomic E-state index is -0.896. The van der Waals surface area contributed by atoms with Crippen molar-refractivity contribution in [2.75, 3.05) is 19.7 Å². The Bertz CT molecular complexity index is 456. The predicted molar refractivity (Wildman–Crippen MR) is 65.3 cm³/mol. The molecule has 0 unspecified atom stereocenters. The third kappa shape index (κ3) is 2.54. The van der Waals surface area contributed by atoms with Crippen LogP contribution in [0.2, 0.25) is 0 Å². The molecule has 0 radical (unpaired) electrons. The van der Waals surface area contributed by atoms with E-state index >= 15 is 0 Å². The van der Waals surface area contributed by atoms with Crippen LogP contribution in [0.5, 0.6) is 0 Å². The minimum Gasteiger partial charge on any atom is -0.479 e. The van der Waals surface area contributed by atoms with Gasteiger partial charge >= 0.3 is 5.97 Å². The van der Waals surface area contributed by atoms with Gasteiger partial charge in [-0.15, -0.1) is 0 Å². The molecule has 1 saturated heterocycles. The van der Waals surface area contributed by atoms with Crippen LogP contribution in [0.15, 0.2) is 0 Å². The summed E-state index contributed by atoms with van der Waals surface area (Å²) in [5.41, 5.74) is 2.17. The molecule has 1 aliphatic heterocycles. The first-order valence-corrected chi connectivity index (χ1v) is 6.04. The first-order valence-electron chi connectivity index (χ1n) is 6.04. The van der Waals surface area contributed by atoms with Crippen molar-refractivity contribution in [1.82, 2.24) is 14.5 Å². The van der Waals surface area contributed by atoms with Gasteiger partial charge in [0.05, 0.1) is 18.8 Å². The van der Waals surface area contributed by atoms with Gasteiger partial charge in [-0.05, 0) is 13.8 Å². The summed E-state index contributed by atoms with van der Waals surface area (Å²) in [4.78, 5) is 17.5. The fourth-order valence-electron chi connectivity index (χ4n) is 2.12. The summed E-state index contributed by atoms with van der Waals surface area (Å²) in [6.45, 7) is 6.30. The molecular formula is C12H19N3O3. The smallest absolute Gasteiger partial charge is 0.334 e. The molecule has 18 heavy (non-hydrogen) atoms. The van der Waals surface area contributed by atoms with Crippen LogP contribution in [0.1, 0.15) is 17.2 Å². The molecule has 1 aromatic rings. The lowest BCUT2D eigenvalue weighted by molar-refractivity contribution is -0.156. The van der Waals surface area contributed by atoms with Crippen molar-refractivity contribution in [3.63, 3.8) is 0 Å². The quantitative estimate of drug-likeness (QED) is 0.840. The van der Waals surface area contributed by atoms with Crippen LogP contribution in [0, 0.1) is 13.8 Å². The van der Waals surface area contributed by atoms with E-state index in [1.165, 1.54) is 0 Å². The first kappa shape index (κ1) is 13.0. The highest BCUT2D eigenvalue weighted by molar-refractivity contribution is 5.72. The van der Waals surface area contributed by atoms with E-state index in [1.54, 1.807) is 0 Å². The predicted octanol–water partition coefficient (Wildman–Crippen LogP) is 0.322. The lowest BCUT2D eigenvalue weighted by Gasteiger charge is -2.30. The van der Waals surface area contributed by atoms with E-state index in [2.05, 4.69) is 14.5 Å². The lowest BCUT2D eigenvalue weighted by Crippen LogP contribution is -2.45. The molecular weight excluding hydrogens is 234 g/mol. The van der Waals surface area contributed by atoms with Crippen molar-refractivity contribution in [3.8, 4) is 0 Å². The number of aromatic nitrogens is 2. The Labute approximate surface area is 106 Å². The number of carboxylic acids is 1. The minimum absolute atomic E-state index is 0.417. The van der Waals surface area contributed by atoms with Crippen LogP contribution in [0.25, 0.3) is 0 Å². The standard InChI is InChI=1S/C12H19N3O3/c1-8-9(2)14(3)11(13-8)7-15-4-5-18-10(6-15)12(16)17/h10H,4-7H2,1-3H3,(H,16,17)/t10-/m0/s1. The molecule has 2 heterocycles. The normalized spacial score (nSPS) is 21.2. The maximum atomic E-state index is 10.9. The average molecular weight is 253 g/mol. The fourth-order valence-corrected chi connectivity index (χ4v) is 2.12. The van der Waals surface area contributed by atoms with E-state index in [1.807, 2.05) is 20.9 Å². The molecule has 6 nitrogen and oxygen atoms in total. The second kappa shape index (κ2) is 5.07. The molecule has 1 atom stereocenters. The van der Waals surface area contributed by atoms with Crippen molar-refractivity contribution in [2.24, 2.45) is 7.05 Å². The Morgan fingerprint density at radius 1 is 1.56 bits per heavy atom. The molecule has 0 saturated carbocycles. The van der Waals surface area contributed by atoms with Gasteiger partial charge in [-0.25, -0.2) is 9.78 Å². The van der Waals surface area contributed by atoms with Gasteiger partial charge in [-0.3, -0.25) is 4.90 Å². The number of nitrogens with zero attached hydrogens (tertiary/aromatic N) is 3. The van der Waals surface area contributed by atoms with Crippen molar-refractivity contribution >= 4 is 5.97 Å². The molecule has 6 heteroatoms. The SMILES string of the molecule is Cc1nc(CN2CCO[C@H](C(=O)O)C2)n(C)c1C. The number of carboxylic acid groups (broad SMARTS) is 1. The largest absolute Gasteiger partial charge is 0.479 e. The number of imidazole rings is 1. The van der Waals surface area contributed by atoms with Gasteiger partial charge in [0.2, 0.25) is 0 Å². The van der Waals surface area contributed by atoms with Gasteiger partial charge in [0.25, 0.3) is 0 Å². The molecule has 1 N–H and O–H groups in total. The Balaban J connectivity index is 2.05. The summed E-state index contributed by atoms with van der Waals surface area (Å²) in [6, 6.07) is 0. The number of carbonyl (C=O) groups is 1. The number of ether oxygens (including phenoxy) is 1. The lowest BCUT2D eigenvalue weighted by atomic mass is 10.2. The van der Waals surface area contributed by atoms with Crippen molar-refractivity contribution < 1.29 is 14.6 Å². The zero-order valence-electron chi connectivity index (χ0n) is 11.0. The number of morpholine rings is 1. The molecule has 0 amide bonds. The first-order chi connectivity index (χ1) is 8.49. The van der Waals surface area contributed by atoms with E-state index in [4.69, 9.17) is 9.84 Å². The Kier molecular flexibility index (Phi) is 3.68. The van der Waals surface area contributed by atoms with Crippen molar-refractivity contribution in [1.29, 1.82) is 0 Å². The van der Waals surface area contributed by atoms with Gasteiger partial charge < -0.3 is 14.4 Å². The van der Waals surface area contributed by atoms with Crippen LogP contribution in [0.4, 0.5) is 0 Å². The third-order valence-electron chi connectivity index (χ3n) is 3.50. The Morgan fingerprint density at radius 2 is 2.28 bits per heavy atom. The van der Waals surface area contributed by atoms with Crippen LogP contribution in [-0.4, -0.2) is 51.3 Å². The van der Waals surface area contributed by atoms with Gasteiger partial charge in [-0.1, -0.05) is 0 Å². The van der Waals surface area contributed by atoms with Gasteiger partial charge in [0.1, 0.15) is 5.82 Å². The second-order valence-corrected chi connectivity index (χ2v) is 4.69. The highest BCUT2D eigenvalue weighted by atomic mass is 16.5. The second-order valence-electron chi connectivity index (χ2n) is 4.69. The summed E-state index contributed by atoms with van der Waals surface area (Å²) < 4.78 is 7.25. The molecule has 1 aliphatic rings. The molecule has 0 aromatic carbocycles. The third-order valence-corrected chi connectivity index (χ3v) is 3.50. The average Bonchev–Trinajstić information content (AvgIpc) is 2.57. The van der Waals surface area contributed by atoms with Crippen molar-refractivity contribution in [3.05, 3.63) is 17.2 Å². The van der Waals surface area contributed by atoms with Gasteiger partial charge in [0.15, 0.2) is 6.10 Å². The van der Waals surface area contributed by atoms with Gasteiger partial charge in [-0.2, -0.15) is 0 Å². The van der Waals surface area contributed by atoms with E-state index < -0.39 is 12.1 Å². The van der Waals surface area contributed by atoms with Crippen molar-refractivity contribution in [2.45, 2.75) is 26.5 Å². The molecule has 1 aromatic heterocycles. The van der Waals surface area contributed by atoms with Crippen LogP contribution >= 0.6 is 0 Å². The number of rotatable bonds is 3. The van der Waals surface area contributed by atoms with E-state index in [0.29, 0.717) is 19.7 Å². The number of aliphatic carboxylic acids is 1. The summed E-state index contributed by atoms with van der Waals surface area (Å²) in [7, 11) is 1.99. The molecule has 0 spiro atoms. The van der Waals surface area contributed by atoms with Crippen LogP contribution in [0.3, 0.4) is 0 Å². The number of hydrogen-bond acceptors (Lipinski definition) is 4. The molecule has 0 aliphatic carbocycles. The summed E-state index contributed by atoms with van der Waals surface area (Å²) >= 11 is 0. The highest BCUT2D eigenvalue weighted by Crippen LogP contribution is 2.13. The zero-order chi connectivity index (χ0) is 13.3. The van der Waals surface area contributed by atoms with Gasteiger partial charge in [0, 0.05) is 25.8 Å². The Hall–Kier alpha value is -1.40. The molecule has 1 fully saturated rings. The molecule has 0 bridgehead atoms. The Morgan fingerprint density at radius 3 is 2.83 bits per heavy atom. The van der Waals surface area contributed by atoms with Crippen LogP contribution < -0.4 is 0 Å². The monoisotopic (exact) mass is 253 g/mol. The summed E-state index contributed by atoms with van der Waals surface area (Å²) in [6.07, 6.45) is -0.721. The molecule has 100 valence electrons. The molecule has 2 rings (SSSR count). The topological polar surface area (TPSA) is 67.6 Å². The number of hydrogen-bond donors (Lipinski definition) is 1. The number of aryl methyl sites for hydroxylation is 1. The van der Waals surface area contributed by atoms with E-state index in [9.17, 15) is 4.79 Å². The summed E-state index contributed by atoms with van der Waals surface area (Å²) in [5.74, 6) is 0.0722. The zero-order valence-corrected chi connectivity index (χ0v) is 11.0. The maximum absolute atomic E-state index is 10.9. The fraction of sp³-hybridized carbons (Fsp3) is 0.667. The highest BCUT2D eigenvalue weighted by Gasteiger charge is 2.26.